The Bertz CT molecular complexity index is 720. The number of hydrogen-bond acceptors (Lipinski definition) is 5. The van der Waals surface area contributed by atoms with Crippen molar-refractivity contribution in [1.29, 1.82) is 0 Å². The highest BCUT2D eigenvalue weighted by Gasteiger charge is 2.33. The summed E-state index contributed by atoms with van der Waals surface area (Å²) in [7, 11) is 0. The van der Waals surface area contributed by atoms with Gasteiger partial charge in [-0.05, 0) is 18.8 Å². The third-order valence-electron chi connectivity index (χ3n) is 4.78. The molecule has 0 unspecified atom stereocenters. The Morgan fingerprint density at radius 1 is 1.26 bits per heavy atom. The van der Waals surface area contributed by atoms with Crippen molar-refractivity contribution >= 4 is 17.5 Å². The van der Waals surface area contributed by atoms with Crippen LogP contribution < -0.4 is 10.6 Å². The number of nitrogens with two attached hydrogens (primary N) is 1. The molecule has 1 amide bonds. The summed E-state index contributed by atoms with van der Waals surface area (Å²) in [6.45, 7) is 0.736. The SMILES string of the molecule is Nc1nc(-c2ncc[nH]2)nc2c1CC(=O)N2CC1CCCCC1. The summed E-state index contributed by atoms with van der Waals surface area (Å²) < 4.78 is 0. The number of fused-ring (bicyclic) bond motifs is 1. The van der Waals surface area contributed by atoms with Crippen molar-refractivity contribution in [2.24, 2.45) is 5.92 Å². The Morgan fingerprint density at radius 3 is 2.83 bits per heavy atom. The highest BCUT2D eigenvalue weighted by Crippen LogP contribution is 2.34. The second-order valence-corrected chi connectivity index (χ2v) is 6.36. The number of nitrogens with zero attached hydrogens (tertiary/aromatic N) is 4. The number of nitrogen functional groups attached to an aromatic ring is 1. The van der Waals surface area contributed by atoms with E-state index in [2.05, 4.69) is 19.9 Å². The molecule has 2 aromatic heterocycles. The van der Waals surface area contributed by atoms with Gasteiger partial charge in [-0.15, -0.1) is 0 Å². The van der Waals surface area contributed by atoms with E-state index in [0.29, 0.717) is 35.6 Å². The van der Waals surface area contributed by atoms with Crippen molar-refractivity contribution in [3.63, 3.8) is 0 Å². The van der Waals surface area contributed by atoms with Gasteiger partial charge >= 0.3 is 0 Å². The number of hydrogen-bond donors (Lipinski definition) is 2. The third-order valence-corrected chi connectivity index (χ3v) is 4.78. The molecule has 2 aliphatic rings. The molecule has 0 bridgehead atoms. The molecule has 1 fully saturated rings. The van der Waals surface area contributed by atoms with Crippen LogP contribution in [0.2, 0.25) is 0 Å². The van der Waals surface area contributed by atoms with Gasteiger partial charge in [-0.1, -0.05) is 19.3 Å². The lowest BCUT2D eigenvalue weighted by molar-refractivity contribution is -0.117. The topological polar surface area (TPSA) is 101 Å². The molecule has 3 heterocycles. The maximum atomic E-state index is 12.4. The van der Waals surface area contributed by atoms with Crippen LogP contribution in [-0.2, 0) is 11.2 Å². The molecule has 3 N–H and O–H groups in total. The van der Waals surface area contributed by atoms with Crippen LogP contribution in [0.15, 0.2) is 12.4 Å². The highest BCUT2D eigenvalue weighted by atomic mass is 16.2. The molecule has 0 radical (unpaired) electrons. The highest BCUT2D eigenvalue weighted by molar-refractivity contribution is 6.01. The lowest BCUT2D eigenvalue weighted by atomic mass is 9.89. The Hall–Kier alpha value is -2.44. The molecule has 0 spiro atoms. The first-order valence-electron chi connectivity index (χ1n) is 8.19. The summed E-state index contributed by atoms with van der Waals surface area (Å²) in [6.07, 6.45) is 9.84. The van der Waals surface area contributed by atoms with Crippen molar-refractivity contribution < 1.29 is 4.79 Å². The van der Waals surface area contributed by atoms with E-state index in [1.165, 1.54) is 32.1 Å². The Morgan fingerprint density at radius 2 is 2.09 bits per heavy atom. The summed E-state index contributed by atoms with van der Waals surface area (Å²) in [4.78, 5) is 30.3. The monoisotopic (exact) mass is 312 g/mol. The zero-order valence-corrected chi connectivity index (χ0v) is 13.0. The largest absolute Gasteiger partial charge is 0.383 e. The van der Waals surface area contributed by atoms with Gasteiger partial charge in [0.25, 0.3) is 0 Å². The summed E-state index contributed by atoms with van der Waals surface area (Å²) in [5, 5.41) is 0. The van der Waals surface area contributed by atoms with Crippen LogP contribution in [0.4, 0.5) is 11.6 Å². The second-order valence-electron chi connectivity index (χ2n) is 6.36. The molecule has 0 saturated heterocycles. The number of aromatic amines is 1. The van der Waals surface area contributed by atoms with Crippen LogP contribution in [0, 0.1) is 5.92 Å². The minimum Gasteiger partial charge on any atom is -0.383 e. The van der Waals surface area contributed by atoms with Gasteiger partial charge in [-0.25, -0.2) is 15.0 Å². The van der Waals surface area contributed by atoms with Crippen molar-refractivity contribution in [1.82, 2.24) is 19.9 Å². The van der Waals surface area contributed by atoms with Crippen molar-refractivity contribution in [3.8, 4) is 11.6 Å². The maximum Gasteiger partial charge on any atom is 0.232 e. The number of imidazole rings is 1. The van der Waals surface area contributed by atoms with Gasteiger partial charge in [0.1, 0.15) is 11.6 Å². The van der Waals surface area contributed by atoms with E-state index in [1.54, 1.807) is 17.3 Å². The molecule has 1 aliphatic heterocycles. The molecule has 1 saturated carbocycles. The molecular weight excluding hydrogens is 292 g/mol. The van der Waals surface area contributed by atoms with Crippen molar-refractivity contribution in [3.05, 3.63) is 18.0 Å². The van der Waals surface area contributed by atoms with Crippen LogP contribution in [0.25, 0.3) is 11.6 Å². The summed E-state index contributed by atoms with van der Waals surface area (Å²) in [5.74, 6) is 2.68. The summed E-state index contributed by atoms with van der Waals surface area (Å²) in [6, 6.07) is 0. The molecule has 0 atom stereocenters. The van der Waals surface area contributed by atoms with E-state index in [1.807, 2.05) is 0 Å². The lowest BCUT2D eigenvalue weighted by Gasteiger charge is -2.26. The second kappa shape index (κ2) is 5.64. The fraction of sp³-hybridized carbons (Fsp3) is 0.500. The molecule has 4 rings (SSSR count). The van der Waals surface area contributed by atoms with E-state index in [4.69, 9.17) is 5.73 Å². The van der Waals surface area contributed by atoms with Gasteiger partial charge < -0.3 is 10.7 Å². The number of H-pyrrole nitrogens is 1. The van der Waals surface area contributed by atoms with Gasteiger partial charge in [0.2, 0.25) is 5.91 Å². The fourth-order valence-electron chi connectivity index (χ4n) is 3.56. The molecule has 7 heteroatoms. The zero-order chi connectivity index (χ0) is 15.8. The Kier molecular flexibility index (Phi) is 3.48. The molecule has 23 heavy (non-hydrogen) atoms. The first kappa shape index (κ1) is 14.2. The van der Waals surface area contributed by atoms with Gasteiger partial charge in [-0.2, -0.15) is 0 Å². The standard InChI is InChI=1S/C16H20N6O/c17-13-11-8-12(23)22(9-10-4-2-1-3-5-10)16(11)21-15(20-13)14-18-6-7-19-14/h6-7,10H,1-5,8-9H2,(H,18,19)(H2,17,20,21). The minimum absolute atomic E-state index is 0.0724. The quantitative estimate of drug-likeness (QED) is 0.901. The molecule has 2 aromatic rings. The van der Waals surface area contributed by atoms with E-state index >= 15 is 0 Å². The molecule has 120 valence electrons. The van der Waals surface area contributed by atoms with Crippen LogP contribution in [0.1, 0.15) is 37.7 Å². The van der Waals surface area contributed by atoms with E-state index in [9.17, 15) is 4.79 Å². The van der Waals surface area contributed by atoms with E-state index in [-0.39, 0.29) is 5.91 Å². The molecule has 7 nitrogen and oxygen atoms in total. The number of carbonyl (C=O) groups excluding carboxylic acids is 1. The Labute approximate surface area is 134 Å². The van der Waals surface area contributed by atoms with Crippen LogP contribution in [0.5, 0.6) is 0 Å². The normalized spacial score (nSPS) is 18.4. The van der Waals surface area contributed by atoms with E-state index < -0.39 is 0 Å². The van der Waals surface area contributed by atoms with E-state index in [0.717, 1.165) is 12.1 Å². The molecule has 0 aromatic carbocycles. The average molecular weight is 312 g/mol. The van der Waals surface area contributed by atoms with Gasteiger partial charge in [0, 0.05) is 24.5 Å². The third kappa shape index (κ3) is 2.56. The number of aromatic nitrogens is 4. The Balaban J connectivity index is 1.67. The predicted molar refractivity (Wildman–Crippen MR) is 86.7 cm³/mol. The first-order valence-corrected chi connectivity index (χ1v) is 8.19. The van der Waals surface area contributed by atoms with Crippen molar-refractivity contribution in [2.45, 2.75) is 38.5 Å². The number of anilines is 2. The molecular formula is C16H20N6O. The lowest BCUT2D eigenvalue weighted by Crippen LogP contribution is -2.33. The summed E-state index contributed by atoms with van der Waals surface area (Å²) in [5.41, 5.74) is 6.82. The number of rotatable bonds is 3. The fourth-order valence-corrected chi connectivity index (χ4v) is 3.56. The van der Waals surface area contributed by atoms with Gasteiger partial charge in [0.05, 0.1) is 6.42 Å². The first-order chi connectivity index (χ1) is 11.2. The number of nitrogens with one attached hydrogen (secondary N) is 1. The number of carbonyl (C=O) groups is 1. The predicted octanol–water partition coefficient (Wildman–Crippen LogP) is 1.92. The average Bonchev–Trinajstić information content (AvgIpc) is 3.19. The zero-order valence-electron chi connectivity index (χ0n) is 13.0. The number of amides is 1. The smallest absolute Gasteiger partial charge is 0.232 e. The van der Waals surface area contributed by atoms with Gasteiger partial charge in [0.15, 0.2) is 11.6 Å². The van der Waals surface area contributed by atoms with Crippen LogP contribution in [-0.4, -0.2) is 32.4 Å². The van der Waals surface area contributed by atoms with Crippen LogP contribution in [0.3, 0.4) is 0 Å². The summed E-state index contributed by atoms with van der Waals surface area (Å²) >= 11 is 0. The maximum absolute atomic E-state index is 12.4. The molecule has 1 aliphatic carbocycles. The van der Waals surface area contributed by atoms with Crippen LogP contribution >= 0.6 is 0 Å². The van der Waals surface area contributed by atoms with Gasteiger partial charge in [-0.3, -0.25) is 9.69 Å². The van der Waals surface area contributed by atoms with Crippen molar-refractivity contribution in [2.75, 3.05) is 17.2 Å². The minimum atomic E-state index is 0.0724.